The van der Waals surface area contributed by atoms with Crippen molar-refractivity contribution in [1.29, 1.82) is 0 Å². The standard InChI is InChI=1S/C20H15FN2O5/c1-11-12-7-5-8-14(21)18(12)27-17(11)20(24)26-10-16-22-19(23-28-16)13-6-3-4-9-15(13)25-2/h3-9H,10H2,1-2H3. The minimum atomic E-state index is -0.745. The second-order valence-electron chi connectivity index (χ2n) is 5.96. The van der Waals surface area contributed by atoms with E-state index in [1.165, 1.54) is 6.07 Å². The van der Waals surface area contributed by atoms with Gasteiger partial charge in [-0.2, -0.15) is 4.98 Å². The highest BCUT2D eigenvalue weighted by atomic mass is 19.1. The van der Waals surface area contributed by atoms with E-state index < -0.39 is 11.8 Å². The van der Waals surface area contributed by atoms with Crippen LogP contribution < -0.4 is 4.74 Å². The highest BCUT2D eigenvalue weighted by molar-refractivity contribution is 5.96. The smallest absolute Gasteiger partial charge is 0.375 e. The summed E-state index contributed by atoms with van der Waals surface area (Å²) in [5, 5.41) is 4.40. The first-order valence-corrected chi connectivity index (χ1v) is 8.39. The Hall–Kier alpha value is -3.68. The van der Waals surface area contributed by atoms with Crippen LogP contribution in [0.3, 0.4) is 0 Å². The molecule has 7 nitrogen and oxygen atoms in total. The van der Waals surface area contributed by atoms with Crippen LogP contribution in [0.1, 0.15) is 22.0 Å². The van der Waals surface area contributed by atoms with E-state index in [-0.39, 0.29) is 23.8 Å². The Morgan fingerprint density at radius 3 is 2.79 bits per heavy atom. The molecule has 4 rings (SSSR count). The van der Waals surface area contributed by atoms with E-state index in [9.17, 15) is 9.18 Å². The lowest BCUT2D eigenvalue weighted by Crippen LogP contribution is -2.05. The first kappa shape index (κ1) is 17.7. The molecule has 2 heterocycles. The summed E-state index contributed by atoms with van der Waals surface area (Å²) >= 11 is 0. The van der Waals surface area contributed by atoms with Gasteiger partial charge in [-0.1, -0.05) is 29.4 Å². The van der Waals surface area contributed by atoms with Crippen LogP contribution in [-0.4, -0.2) is 23.2 Å². The molecule has 0 saturated carbocycles. The SMILES string of the molecule is COc1ccccc1-c1noc(COC(=O)c2oc3c(F)cccc3c2C)n1. The average molecular weight is 382 g/mol. The molecule has 4 aromatic rings. The molecule has 0 amide bonds. The zero-order valence-corrected chi connectivity index (χ0v) is 15.1. The highest BCUT2D eigenvalue weighted by Crippen LogP contribution is 2.29. The topological polar surface area (TPSA) is 87.6 Å². The lowest BCUT2D eigenvalue weighted by atomic mass is 10.1. The van der Waals surface area contributed by atoms with Crippen LogP contribution in [0.4, 0.5) is 4.39 Å². The van der Waals surface area contributed by atoms with Gasteiger partial charge in [0.2, 0.25) is 11.6 Å². The number of aromatic nitrogens is 2. The van der Waals surface area contributed by atoms with Gasteiger partial charge in [0.15, 0.2) is 18.0 Å². The van der Waals surface area contributed by atoms with Crippen molar-refractivity contribution in [2.24, 2.45) is 0 Å². The third-order valence-electron chi connectivity index (χ3n) is 4.24. The molecule has 0 aliphatic heterocycles. The number of hydrogen-bond acceptors (Lipinski definition) is 7. The molecular weight excluding hydrogens is 367 g/mol. The molecule has 28 heavy (non-hydrogen) atoms. The number of fused-ring (bicyclic) bond motifs is 1. The zero-order chi connectivity index (χ0) is 19.7. The second-order valence-corrected chi connectivity index (χ2v) is 5.96. The number of nitrogens with zero attached hydrogens (tertiary/aromatic N) is 2. The summed E-state index contributed by atoms with van der Waals surface area (Å²) in [7, 11) is 1.54. The largest absolute Gasteiger partial charge is 0.496 e. The Bertz CT molecular complexity index is 1160. The summed E-state index contributed by atoms with van der Waals surface area (Å²) in [6.45, 7) is 1.41. The summed E-state index contributed by atoms with van der Waals surface area (Å²) < 4.78 is 34.8. The quantitative estimate of drug-likeness (QED) is 0.476. The zero-order valence-electron chi connectivity index (χ0n) is 15.1. The van der Waals surface area contributed by atoms with Gasteiger partial charge in [-0.05, 0) is 25.1 Å². The molecule has 0 unspecified atom stereocenters. The number of benzene rings is 2. The number of aryl methyl sites for hydroxylation is 1. The van der Waals surface area contributed by atoms with Gasteiger partial charge in [-0.15, -0.1) is 0 Å². The lowest BCUT2D eigenvalue weighted by Gasteiger charge is -2.03. The Balaban J connectivity index is 1.51. The molecular formula is C20H15FN2O5. The van der Waals surface area contributed by atoms with E-state index in [0.717, 1.165) is 0 Å². The van der Waals surface area contributed by atoms with Crippen molar-refractivity contribution in [3.05, 3.63) is 65.5 Å². The van der Waals surface area contributed by atoms with Gasteiger partial charge in [-0.3, -0.25) is 0 Å². The van der Waals surface area contributed by atoms with E-state index in [1.54, 1.807) is 38.3 Å². The third-order valence-corrected chi connectivity index (χ3v) is 4.24. The maximum absolute atomic E-state index is 13.8. The number of ether oxygens (including phenoxy) is 2. The average Bonchev–Trinajstić information content (AvgIpc) is 3.32. The van der Waals surface area contributed by atoms with Gasteiger partial charge in [0.05, 0.1) is 12.7 Å². The van der Waals surface area contributed by atoms with Crippen LogP contribution in [0.15, 0.2) is 51.4 Å². The number of halogens is 1. The molecule has 0 saturated heterocycles. The fourth-order valence-electron chi connectivity index (χ4n) is 2.85. The van der Waals surface area contributed by atoms with Crippen LogP contribution in [0.25, 0.3) is 22.4 Å². The molecule has 0 aliphatic carbocycles. The first-order chi connectivity index (χ1) is 13.6. The second kappa shape index (κ2) is 7.15. The number of furan rings is 1. The van der Waals surface area contributed by atoms with Crippen LogP contribution in [0.2, 0.25) is 0 Å². The summed E-state index contributed by atoms with van der Waals surface area (Å²) in [6, 6.07) is 11.7. The van der Waals surface area contributed by atoms with E-state index >= 15 is 0 Å². The fourth-order valence-corrected chi connectivity index (χ4v) is 2.85. The molecule has 0 fully saturated rings. The number of rotatable bonds is 5. The predicted octanol–water partition coefficient (Wildman–Crippen LogP) is 4.30. The fraction of sp³-hybridized carbons (Fsp3) is 0.150. The molecule has 0 radical (unpaired) electrons. The van der Waals surface area contributed by atoms with Crippen molar-refractivity contribution in [3.8, 4) is 17.1 Å². The Kier molecular flexibility index (Phi) is 4.52. The molecule has 0 atom stereocenters. The van der Waals surface area contributed by atoms with E-state index in [4.69, 9.17) is 18.4 Å². The maximum Gasteiger partial charge on any atom is 0.375 e. The highest BCUT2D eigenvalue weighted by Gasteiger charge is 2.22. The summed E-state index contributed by atoms with van der Waals surface area (Å²) in [4.78, 5) is 16.6. The van der Waals surface area contributed by atoms with Crippen molar-refractivity contribution in [3.63, 3.8) is 0 Å². The molecule has 2 aromatic heterocycles. The molecule has 8 heteroatoms. The van der Waals surface area contributed by atoms with Gasteiger partial charge in [-0.25, -0.2) is 9.18 Å². The van der Waals surface area contributed by atoms with Crippen molar-refractivity contribution in [2.45, 2.75) is 13.5 Å². The normalized spacial score (nSPS) is 11.0. The van der Waals surface area contributed by atoms with Crippen molar-refractivity contribution in [1.82, 2.24) is 10.1 Å². The minimum absolute atomic E-state index is 0.0169. The van der Waals surface area contributed by atoms with Crippen molar-refractivity contribution >= 4 is 16.9 Å². The van der Waals surface area contributed by atoms with Crippen LogP contribution >= 0.6 is 0 Å². The Labute approximate surface area is 158 Å². The van der Waals surface area contributed by atoms with Gasteiger partial charge in [0, 0.05) is 10.9 Å². The van der Waals surface area contributed by atoms with E-state index in [1.807, 2.05) is 12.1 Å². The first-order valence-electron chi connectivity index (χ1n) is 8.39. The Morgan fingerprint density at radius 2 is 2.00 bits per heavy atom. The Morgan fingerprint density at radius 1 is 1.18 bits per heavy atom. The van der Waals surface area contributed by atoms with E-state index in [0.29, 0.717) is 28.1 Å². The summed E-state index contributed by atoms with van der Waals surface area (Å²) in [6.07, 6.45) is 0. The maximum atomic E-state index is 13.8. The van der Waals surface area contributed by atoms with Crippen molar-refractivity contribution < 1.29 is 27.6 Å². The molecule has 2 aromatic carbocycles. The predicted molar refractivity (Wildman–Crippen MR) is 96.3 cm³/mol. The van der Waals surface area contributed by atoms with Crippen molar-refractivity contribution in [2.75, 3.05) is 7.11 Å². The summed E-state index contributed by atoms with van der Waals surface area (Å²) in [5.41, 5.74) is 1.16. The molecule has 0 N–H and O–H groups in total. The molecule has 142 valence electrons. The number of hydrogen-bond donors (Lipinski definition) is 0. The van der Waals surface area contributed by atoms with Crippen LogP contribution in [0.5, 0.6) is 5.75 Å². The van der Waals surface area contributed by atoms with Gasteiger partial charge >= 0.3 is 5.97 Å². The lowest BCUT2D eigenvalue weighted by molar-refractivity contribution is 0.0395. The number of esters is 1. The third kappa shape index (κ3) is 3.09. The summed E-state index contributed by atoms with van der Waals surface area (Å²) in [5.74, 6) is -0.348. The number of carbonyl (C=O) groups excluding carboxylic acids is 1. The number of methoxy groups -OCH3 is 1. The molecule has 0 spiro atoms. The van der Waals surface area contributed by atoms with Gasteiger partial charge in [0.25, 0.3) is 5.89 Å². The van der Waals surface area contributed by atoms with Gasteiger partial charge < -0.3 is 18.4 Å². The van der Waals surface area contributed by atoms with Crippen LogP contribution in [0, 0.1) is 12.7 Å². The molecule has 0 bridgehead atoms. The van der Waals surface area contributed by atoms with E-state index in [2.05, 4.69) is 10.1 Å². The van der Waals surface area contributed by atoms with Gasteiger partial charge in [0.1, 0.15) is 5.75 Å². The number of carbonyl (C=O) groups is 1. The monoisotopic (exact) mass is 382 g/mol. The van der Waals surface area contributed by atoms with Crippen LogP contribution in [-0.2, 0) is 11.3 Å². The number of para-hydroxylation sites is 2. The molecule has 0 aliphatic rings. The minimum Gasteiger partial charge on any atom is -0.496 e.